The van der Waals surface area contributed by atoms with Crippen molar-refractivity contribution in [1.82, 2.24) is 0 Å². The van der Waals surface area contributed by atoms with Gasteiger partial charge in [-0.3, -0.25) is 4.52 Å². The van der Waals surface area contributed by atoms with E-state index in [1.807, 2.05) is 0 Å². The molecule has 4 nitrogen and oxygen atoms in total. The molecule has 0 aromatic heterocycles. The van der Waals surface area contributed by atoms with Gasteiger partial charge in [-0.1, -0.05) is 0 Å². The second kappa shape index (κ2) is 6.41. The molecule has 0 saturated heterocycles. The summed E-state index contributed by atoms with van der Waals surface area (Å²) in [6, 6.07) is 0. The highest BCUT2D eigenvalue weighted by atomic mass is 31.2. The molecule has 0 spiro atoms. The van der Waals surface area contributed by atoms with E-state index in [9.17, 15) is 57.3 Å². The first-order chi connectivity index (χ1) is 10.9. The number of phosphoric ester groups is 1. The lowest BCUT2D eigenvalue weighted by Crippen LogP contribution is -2.72. The van der Waals surface area contributed by atoms with Crippen LogP contribution in [0.4, 0.5) is 52.7 Å². The molecule has 0 aliphatic carbocycles. The van der Waals surface area contributed by atoms with Crippen molar-refractivity contribution in [3.8, 4) is 0 Å². The van der Waals surface area contributed by atoms with Crippen molar-refractivity contribution in [2.75, 3.05) is 0 Å². The van der Waals surface area contributed by atoms with E-state index in [2.05, 4.69) is 4.52 Å². The molecule has 0 fully saturated rings. The van der Waals surface area contributed by atoms with Crippen molar-refractivity contribution < 1.29 is 71.6 Å². The van der Waals surface area contributed by atoms with Crippen molar-refractivity contribution >= 4 is 7.82 Å². The molecule has 0 saturated carbocycles. The van der Waals surface area contributed by atoms with Gasteiger partial charge in [0.25, 0.3) is 0 Å². The predicted octanol–water partition coefficient (Wildman–Crippen LogP) is 4.32. The van der Waals surface area contributed by atoms with Crippen LogP contribution in [0.2, 0.25) is 0 Å². The number of rotatable bonds is 8. The SMILES string of the molecule is CC(C)(OP(=O)(O)O)C(F)(F)C(F)(F)C(F)(F)C(F)(F)C(F)(F)C(F)F. The van der Waals surface area contributed by atoms with Crippen LogP contribution in [0.15, 0.2) is 0 Å². The van der Waals surface area contributed by atoms with Crippen LogP contribution in [-0.4, -0.2) is 51.4 Å². The van der Waals surface area contributed by atoms with Gasteiger partial charge in [0.1, 0.15) is 5.60 Å². The molecular weight excluding hydrogens is 431 g/mol. The zero-order valence-corrected chi connectivity index (χ0v) is 13.2. The molecule has 0 aromatic carbocycles. The Labute approximate surface area is 136 Å². The molecule has 0 amide bonds. The molecule has 26 heavy (non-hydrogen) atoms. The summed E-state index contributed by atoms with van der Waals surface area (Å²) in [4.78, 5) is 16.6. The van der Waals surface area contributed by atoms with Crippen LogP contribution < -0.4 is 0 Å². The maximum atomic E-state index is 13.7. The maximum Gasteiger partial charge on any atom is 0.470 e. The van der Waals surface area contributed by atoms with Crippen LogP contribution >= 0.6 is 7.82 Å². The fourth-order valence-electron chi connectivity index (χ4n) is 1.47. The Morgan fingerprint density at radius 3 is 1.31 bits per heavy atom. The highest BCUT2D eigenvalue weighted by molar-refractivity contribution is 7.46. The Kier molecular flexibility index (Phi) is 6.23. The van der Waals surface area contributed by atoms with Gasteiger partial charge in [-0.05, 0) is 13.8 Å². The maximum absolute atomic E-state index is 13.7. The number of halogens is 12. The molecule has 0 radical (unpaired) electrons. The van der Waals surface area contributed by atoms with Crippen LogP contribution in [0.5, 0.6) is 0 Å². The third kappa shape index (κ3) is 3.64. The van der Waals surface area contributed by atoms with E-state index in [1.165, 1.54) is 0 Å². The topological polar surface area (TPSA) is 66.8 Å². The van der Waals surface area contributed by atoms with Crippen molar-refractivity contribution in [3.05, 3.63) is 0 Å². The molecule has 0 aromatic rings. The fourth-order valence-corrected chi connectivity index (χ4v) is 2.18. The molecule has 0 aliphatic heterocycles. The molecule has 0 bridgehead atoms. The summed E-state index contributed by atoms with van der Waals surface area (Å²) < 4.78 is 169. The number of phosphoric acid groups is 1. The molecular formula is C9H9F12O4P. The standard InChI is InChI=1S/C9H9F12O4P/c1-4(2,25-26(22,23)24)6(14,15)8(18,19)9(20,21)7(16,17)5(12,13)3(10)11/h3H,1-2H3,(H2,22,23,24). The third-order valence-electron chi connectivity index (χ3n) is 2.98. The van der Waals surface area contributed by atoms with Gasteiger partial charge < -0.3 is 9.79 Å². The lowest BCUT2D eigenvalue weighted by Gasteiger charge is -2.43. The summed E-state index contributed by atoms with van der Waals surface area (Å²) in [5.74, 6) is -36.9. The summed E-state index contributed by atoms with van der Waals surface area (Å²) in [5, 5.41) is 0. The van der Waals surface area contributed by atoms with Gasteiger partial charge in [-0.25, -0.2) is 13.3 Å². The van der Waals surface area contributed by atoms with E-state index in [0.29, 0.717) is 0 Å². The van der Waals surface area contributed by atoms with E-state index in [-0.39, 0.29) is 13.8 Å². The smallest absolute Gasteiger partial charge is 0.303 e. The Morgan fingerprint density at radius 2 is 1.04 bits per heavy atom. The largest absolute Gasteiger partial charge is 0.470 e. The summed E-state index contributed by atoms with van der Waals surface area (Å²) in [7, 11) is -6.11. The van der Waals surface area contributed by atoms with Crippen molar-refractivity contribution in [3.63, 3.8) is 0 Å². The van der Waals surface area contributed by atoms with Gasteiger partial charge in [-0.2, -0.15) is 43.9 Å². The van der Waals surface area contributed by atoms with Crippen molar-refractivity contribution in [1.29, 1.82) is 0 Å². The monoisotopic (exact) mass is 440 g/mol. The van der Waals surface area contributed by atoms with Gasteiger partial charge in [0.05, 0.1) is 0 Å². The first kappa shape index (κ1) is 25.3. The fraction of sp³-hybridized carbons (Fsp3) is 1.00. The Bertz CT molecular complexity index is 569. The molecule has 0 aliphatic rings. The van der Waals surface area contributed by atoms with E-state index < -0.39 is 49.5 Å². The second-order valence-electron chi connectivity index (χ2n) is 5.31. The van der Waals surface area contributed by atoms with Crippen molar-refractivity contribution in [2.45, 2.75) is 55.5 Å². The Balaban J connectivity index is 6.40. The predicted molar refractivity (Wildman–Crippen MR) is 57.9 cm³/mol. The Hall–Kier alpha value is -0.730. The quantitative estimate of drug-likeness (QED) is 0.436. The van der Waals surface area contributed by atoms with Crippen LogP contribution in [0.25, 0.3) is 0 Å². The highest BCUT2D eigenvalue weighted by Gasteiger charge is 2.89. The molecule has 0 heterocycles. The normalized spacial score (nSPS) is 16.3. The summed E-state index contributed by atoms with van der Waals surface area (Å²) in [6.45, 7) is -0.723. The summed E-state index contributed by atoms with van der Waals surface area (Å²) in [5.41, 5.74) is -4.34. The van der Waals surface area contributed by atoms with E-state index in [1.54, 1.807) is 0 Å². The third-order valence-corrected chi connectivity index (χ3v) is 3.67. The van der Waals surface area contributed by atoms with Gasteiger partial charge in [0.2, 0.25) is 0 Å². The minimum atomic E-state index is -7.81. The van der Waals surface area contributed by atoms with Crippen LogP contribution in [-0.2, 0) is 9.09 Å². The van der Waals surface area contributed by atoms with Crippen LogP contribution in [0, 0.1) is 0 Å². The average molecular weight is 440 g/mol. The first-order valence-electron chi connectivity index (χ1n) is 5.83. The second-order valence-corrected chi connectivity index (χ2v) is 6.48. The van der Waals surface area contributed by atoms with Gasteiger partial charge in [0, 0.05) is 0 Å². The molecule has 0 unspecified atom stereocenters. The molecule has 0 atom stereocenters. The molecule has 17 heteroatoms. The van der Waals surface area contributed by atoms with E-state index in [0.717, 1.165) is 0 Å². The zero-order valence-electron chi connectivity index (χ0n) is 12.3. The van der Waals surface area contributed by atoms with Crippen LogP contribution in [0.3, 0.4) is 0 Å². The molecule has 2 N–H and O–H groups in total. The highest BCUT2D eigenvalue weighted by Crippen LogP contribution is 2.61. The van der Waals surface area contributed by atoms with E-state index >= 15 is 0 Å². The number of hydrogen-bond acceptors (Lipinski definition) is 2. The Morgan fingerprint density at radius 1 is 0.731 bits per heavy atom. The van der Waals surface area contributed by atoms with Gasteiger partial charge >= 0.3 is 43.9 Å². The van der Waals surface area contributed by atoms with Gasteiger partial charge in [0.15, 0.2) is 0 Å². The minimum absolute atomic E-state index is 0.362. The van der Waals surface area contributed by atoms with Gasteiger partial charge in [-0.15, -0.1) is 0 Å². The van der Waals surface area contributed by atoms with E-state index in [4.69, 9.17) is 9.79 Å². The average Bonchev–Trinajstić information content (AvgIpc) is 2.34. The number of hydrogen-bond donors (Lipinski definition) is 2. The van der Waals surface area contributed by atoms with Crippen molar-refractivity contribution in [2.24, 2.45) is 0 Å². The summed E-state index contributed by atoms with van der Waals surface area (Å²) >= 11 is 0. The molecule has 158 valence electrons. The lowest BCUT2D eigenvalue weighted by molar-refractivity contribution is -0.425. The minimum Gasteiger partial charge on any atom is -0.303 e. The first-order valence-corrected chi connectivity index (χ1v) is 7.36. The van der Waals surface area contributed by atoms with Crippen LogP contribution in [0.1, 0.15) is 13.8 Å². The number of alkyl halides is 12. The summed E-state index contributed by atoms with van der Waals surface area (Å²) in [6.07, 6.45) is -5.65. The lowest BCUT2D eigenvalue weighted by atomic mass is 9.87. The zero-order chi connectivity index (χ0) is 21.8. The molecule has 0 rings (SSSR count).